The van der Waals surface area contributed by atoms with Gasteiger partial charge in [0.25, 0.3) is 11.1 Å². The fraction of sp³-hybridized carbons (Fsp3) is 0.353. The number of hydrogen-bond donors (Lipinski definition) is 1. The molecule has 1 saturated heterocycles. The number of thioether (sulfide) groups is 1. The average Bonchev–Trinajstić information content (AvgIpc) is 3.42. The summed E-state index contributed by atoms with van der Waals surface area (Å²) in [5, 5.41) is 3.20. The number of carbonyl (C=O) groups excluding carboxylic acids is 3. The van der Waals surface area contributed by atoms with Gasteiger partial charge >= 0.3 is 0 Å². The maximum atomic E-state index is 12.4. The zero-order chi connectivity index (χ0) is 17.8. The highest BCUT2D eigenvalue weighted by atomic mass is 35.5. The van der Waals surface area contributed by atoms with Crippen molar-refractivity contribution in [2.24, 2.45) is 11.3 Å². The predicted molar refractivity (Wildman–Crippen MR) is 97.3 cm³/mol. The molecule has 2 aliphatic carbocycles. The van der Waals surface area contributed by atoms with E-state index in [1.165, 1.54) is 0 Å². The van der Waals surface area contributed by atoms with E-state index in [2.05, 4.69) is 5.32 Å². The molecule has 2 saturated carbocycles. The summed E-state index contributed by atoms with van der Waals surface area (Å²) < 4.78 is 0. The molecule has 0 aromatic heterocycles. The Kier molecular flexibility index (Phi) is 4.09. The number of hydrogen-bond acceptors (Lipinski definition) is 4. The quantitative estimate of drug-likeness (QED) is 0.772. The molecule has 3 fully saturated rings. The lowest BCUT2D eigenvalue weighted by molar-refractivity contribution is -0.125. The maximum Gasteiger partial charge on any atom is 0.293 e. The van der Waals surface area contributed by atoms with Crippen molar-refractivity contribution in [1.82, 2.24) is 10.2 Å². The predicted octanol–water partition coefficient (Wildman–Crippen LogP) is 3.56. The van der Waals surface area contributed by atoms with Crippen molar-refractivity contribution in [2.75, 3.05) is 13.1 Å². The monoisotopic (exact) mass is 396 g/mol. The lowest BCUT2D eigenvalue weighted by Crippen LogP contribution is -2.38. The molecule has 1 N–H and O–H groups in total. The van der Waals surface area contributed by atoms with Gasteiger partial charge in [0.1, 0.15) is 0 Å². The second kappa shape index (κ2) is 6.04. The van der Waals surface area contributed by atoms with E-state index in [9.17, 15) is 14.4 Å². The number of halogens is 2. The van der Waals surface area contributed by atoms with Crippen molar-refractivity contribution in [3.05, 3.63) is 38.7 Å². The van der Waals surface area contributed by atoms with Crippen LogP contribution in [-0.2, 0) is 9.59 Å². The van der Waals surface area contributed by atoms with Crippen molar-refractivity contribution in [3.8, 4) is 0 Å². The Bertz CT molecular complexity index is 833. The molecule has 3 aliphatic rings. The van der Waals surface area contributed by atoms with Crippen LogP contribution in [0, 0.1) is 11.3 Å². The second-order valence-electron chi connectivity index (χ2n) is 6.49. The van der Waals surface area contributed by atoms with E-state index < -0.39 is 0 Å². The third kappa shape index (κ3) is 2.96. The van der Waals surface area contributed by atoms with Crippen molar-refractivity contribution >= 4 is 58.1 Å². The minimum absolute atomic E-state index is 0.0470. The second-order valence-corrected chi connectivity index (χ2v) is 8.27. The number of imide groups is 1. The van der Waals surface area contributed by atoms with Gasteiger partial charge in [0, 0.05) is 13.1 Å². The molecular formula is C17H14Cl2N2O3S. The van der Waals surface area contributed by atoms with E-state index >= 15 is 0 Å². The maximum absolute atomic E-state index is 12.4. The van der Waals surface area contributed by atoms with E-state index in [4.69, 9.17) is 23.2 Å². The number of nitrogens with one attached hydrogen (secondary N) is 1. The largest absolute Gasteiger partial charge is 0.354 e. The van der Waals surface area contributed by atoms with Gasteiger partial charge in [-0.3, -0.25) is 19.3 Å². The molecule has 1 aromatic rings. The smallest absolute Gasteiger partial charge is 0.293 e. The molecule has 0 bridgehead atoms. The molecule has 0 unspecified atom stereocenters. The fourth-order valence-corrected chi connectivity index (χ4v) is 4.21. The van der Waals surface area contributed by atoms with Crippen molar-refractivity contribution < 1.29 is 14.4 Å². The number of benzene rings is 1. The molecule has 0 radical (unpaired) electrons. The summed E-state index contributed by atoms with van der Waals surface area (Å²) in [7, 11) is 0. The van der Waals surface area contributed by atoms with Crippen molar-refractivity contribution in [2.45, 2.75) is 12.8 Å². The first-order valence-corrected chi connectivity index (χ1v) is 9.47. The molecule has 4 rings (SSSR count). The molecular weight excluding hydrogens is 383 g/mol. The van der Waals surface area contributed by atoms with Crippen LogP contribution in [0.15, 0.2) is 23.1 Å². The van der Waals surface area contributed by atoms with E-state index in [-0.39, 0.29) is 35.6 Å². The van der Waals surface area contributed by atoms with Gasteiger partial charge in [0.2, 0.25) is 5.91 Å². The number of fused-ring (bicyclic) bond motifs is 1. The van der Waals surface area contributed by atoms with Gasteiger partial charge in [-0.2, -0.15) is 0 Å². The Hall–Kier alpha value is -1.50. The van der Waals surface area contributed by atoms with Gasteiger partial charge in [-0.05, 0) is 48.2 Å². The summed E-state index contributed by atoms with van der Waals surface area (Å²) >= 11 is 12.9. The Labute approximate surface area is 158 Å². The van der Waals surface area contributed by atoms with Crippen LogP contribution in [0.3, 0.4) is 0 Å². The van der Waals surface area contributed by atoms with E-state index in [1.54, 1.807) is 24.3 Å². The number of carbonyl (C=O) groups is 3. The molecule has 0 spiro atoms. The number of nitrogens with zero attached hydrogens (tertiary/aromatic N) is 1. The zero-order valence-electron chi connectivity index (χ0n) is 13.1. The lowest BCUT2D eigenvalue weighted by Gasteiger charge is -2.13. The van der Waals surface area contributed by atoms with Gasteiger partial charge in [-0.1, -0.05) is 35.3 Å². The zero-order valence-corrected chi connectivity index (χ0v) is 15.4. The normalized spacial score (nSPS) is 28.3. The van der Waals surface area contributed by atoms with Gasteiger partial charge in [0.05, 0.1) is 20.4 Å². The van der Waals surface area contributed by atoms with Crippen LogP contribution in [0.25, 0.3) is 6.08 Å². The van der Waals surface area contributed by atoms with Crippen molar-refractivity contribution in [3.63, 3.8) is 0 Å². The molecule has 0 atom stereocenters. The molecule has 1 aliphatic heterocycles. The summed E-state index contributed by atoms with van der Waals surface area (Å²) in [6.07, 6.45) is 3.52. The number of amides is 3. The standard InChI is InChI=1S/C17H14Cl2N2O3S/c18-11-3-1-2-9(13(11)19)6-12-14(22)21(16(24)25-12)5-4-20-15(23)17-7-10(17)8-17/h1-3,6,10H,4-5,7-8H2,(H,20,23)/b12-6-. The minimum atomic E-state index is -0.380. The fourth-order valence-electron chi connectivity index (χ4n) is 3.00. The molecule has 8 heteroatoms. The Balaban J connectivity index is 1.40. The van der Waals surface area contributed by atoms with Crippen molar-refractivity contribution in [1.29, 1.82) is 0 Å². The minimum Gasteiger partial charge on any atom is -0.354 e. The Morgan fingerprint density at radius 2 is 2.08 bits per heavy atom. The van der Waals surface area contributed by atoms with Crippen LogP contribution in [0.2, 0.25) is 10.0 Å². The lowest BCUT2D eigenvalue weighted by atomic mass is 10.2. The summed E-state index contributed by atoms with van der Waals surface area (Å²) in [6, 6.07) is 5.10. The van der Waals surface area contributed by atoms with E-state index in [0.717, 1.165) is 29.5 Å². The Morgan fingerprint density at radius 3 is 2.76 bits per heavy atom. The summed E-state index contributed by atoms with van der Waals surface area (Å²) in [5.74, 6) is 0.231. The first-order valence-electron chi connectivity index (χ1n) is 7.90. The van der Waals surface area contributed by atoms with Crippen LogP contribution in [-0.4, -0.2) is 35.0 Å². The molecule has 1 aromatic carbocycles. The van der Waals surface area contributed by atoms with Crippen LogP contribution in [0.4, 0.5) is 4.79 Å². The first kappa shape index (κ1) is 16.9. The van der Waals surface area contributed by atoms with E-state index in [0.29, 0.717) is 26.4 Å². The summed E-state index contributed by atoms with van der Waals surface area (Å²) in [4.78, 5) is 37.9. The topological polar surface area (TPSA) is 66.5 Å². The van der Waals surface area contributed by atoms with Gasteiger partial charge < -0.3 is 5.32 Å². The number of rotatable bonds is 5. The summed E-state index contributed by atoms with van der Waals surface area (Å²) in [6.45, 7) is 0.439. The SMILES string of the molecule is O=C1S/C(=C\c2cccc(Cl)c2Cl)C(=O)N1CCNC(=O)C12CC1C2. The highest BCUT2D eigenvalue weighted by molar-refractivity contribution is 8.18. The van der Waals surface area contributed by atoms with E-state index in [1.807, 2.05) is 0 Å². The molecule has 3 amide bonds. The third-order valence-corrected chi connectivity index (χ3v) is 6.64. The van der Waals surface area contributed by atoms with Crippen LogP contribution in [0.5, 0.6) is 0 Å². The van der Waals surface area contributed by atoms with Crippen LogP contribution in [0.1, 0.15) is 18.4 Å². The molecule has 5 nitrogen and oxygen atoms in total. The van der Waals surface area contributed by atoms with Gasteiger partial charge in [-0.15, -0.1) is 0 Å². The van der Waals surface area contributed by atoms with Crippen LogP contribution >= 0.6 is 35.0 Å². The highest BCUT2D eigenvalue weighted by Crippen LogP contribution is 2.75. The van der Waals surface area contributed by atoms with Gasteiger partial charge in [-0.25, -0.2) is 0 Å². The van der Waals surface area contributed by atoms with Crippen LogP contribution < -0.4 is 5.32 Å². The molecule has 25 heavy (non-hydrogen) atoms. The summed E-state index contributed by atoms with van der Waals surface area (Å²) in [5.41, 5.74) is 0.475. The highest BCUT2D eigenvalue weighted by Gasteiger charge is 2.74. The average molecular weight is 397 g/mol. The third-order valence-electron chi connectivity index (χ3n) is 4.90. The van der Waals surface area contributed by atoms with Gasteiger partial charge in [0.15, 0.2) is 0 Å². The molecule has 130 valence electrons. The Morgan fingerprint density at radius 1 is 1.36 bits per heavy atom. The first-order chi connectivity index (χ1) is 11.9. The molecule has 1 heterocycles.